The number of anilines is 1. The van der Waals surface area contributed by atoms with E-state index in [0.29, 0.717) is 40.9 Å². The number of furan rings is 1. The van der Waals surface area contributed by atoms with Crippen LogP contribution in [-0.4, -0.2) is 30.2 Å². The maximum atomic E-state index is 13.1. The van der Waals surface area contributed by atoms with Crippen LogP contribution >= 0.6 is 0 Å². The summed E-state index contributed by atoms with van der Waals surface area (Å²) in [6.07, 6.45) is 1.45. The highest BCUT2D eigenvalue weighted by atomic mass is 16.7. The second kappa shape index (κ2) is 7.81. The van der Waals surface area contributed by atoms with Crippen LogP contribution in [0.4, 0.5) is 5.69 Å². The third-order valence-electron chi connectivity index (χ3n) is 5.31. The van der Waals surface area contributed by atoms with Gasteiger partial charge in [-0.2, -0.15) is 0 Å². The molecule has 8 nitrogen and oxygen atoms in total. The molecule has 0 bridgehead atoms. The number of aliphatic hydroxyl groups is 1. The lowest BCUT2D eigenvalue weighted by atomic mass is 9.99. The Morgan fingerprint density at radius 2 is 1.94 bits per heavy atom. The summed E-state index contributed by atoms with van der Waals surface area (Å²) < 4.78 is 21.8. The van der Waals surface area contributed by atoms with Crippen LogP contribution in [0.3, 0.4) is 0 Å². The van der Waals surface area contributed by atoms with Crippen molar-refractivity contribution in [2.24, 2.45) is 0 Å². The summed E-state index contributed by atoms with van der Waals surface area (Å²) in [6.45, 7) is 2.38. The Labute approximate surface area is 183 Å². The molecular weight excluding hydrogens is 414 g/mol. The standard InChI is InChI=1S/C24H19NO7/c1-2-29-16-6-3-5-14(11-16)22(26)20-21(18-7-4-10-30-18)25(24(28)23(20)27)15-8-9-17-19(12-15)32-13-31-17/h3-12,21,26H,2,13H2,1H3/b22-20-. The molecule has 0 saturated carbocycles. The molecular formula is C24H19NO7. The number of ketones is 1. The van der Waals surface area contributed by atoms with Gasteiger partial charge in [-0.05, 0) is 43.3 Å². The molecule has 1 saturated heterocycles. The molecule has 1 fully saturated rings. The predicted molar refractivity (Wildman–Crippen MR) is 114 cm³/mol. The first-order chi connectivity index (χ1) is 15.6. The number of benzene rings is 2. The van der Waals surface area contributed by atoms with E-state index < -0.39 is 17.7 Å². The largest absolute Gasteiger partial charge is 0.507 e. The first-order valence-electron chi connectivity index (χ1n) is 10.1. The first-order valence-corrected chi connectivity index (χ1v) is 10.1. The predicted octanol–water partition coefficient (Wildman–Crippen LogP) is 4.03. The third kappa shape index (κ3) is 3.17. The molecule has 5 rings (SSSR count). The summed E-state index contributed by atoms with van der Waals surface area (Å²) in [5.74, 6) is -0.0224. The van der Waals surface area contributed by atoms with Gasteiger partial charge in [0.25, 0.3) is 11.7 Å². The third-order valence-corrected chi connectivity index (χ3v) is 5.31. The van der Waals surface area contributed by atoms with Gasteiger partial charge in [-0.1, -0.05) is 12.1 Å². The van der Waals surface area contributed by atoms with Gasteiger partial charge in [0.15, 0.2) is 11.5 Å². The van der Waals surface area contributed by atoms with Crippen molar-refractivity contribution in [1.29, 1.82) is 0 Å². The molecule has 1 unspecified atom stereocenters. The molecule has 3 heterocycles. The highest BCUT2D eigenvalue weighted by Gasteiger charge is 2.48. The molecule has 0 aliphatic carbocycles. The molecule has 1 aromatic heterocycles. The van der Waals surface area contributed by atoms with Crippen LogP contribution in [0.5, 0.6) is 17.2 Å². The van der Waals surface area contributed by atoms with E-state index in [1.54, 1.807) is 54.6 Å². The fraction of sp³-hybridized carbons (Fsp3) is 0.167. The lowest BCUT2D eigenvalue weighted by Gasteiger charge is -2.23. The van der Waals surface area contributed by atoms with Gasteiger partial charge in [0.05, 0.1) is 18.4 Å². The van der Waals surface area contributed by atoms with Crippen LogP contribution in [0, 0.1) is 0 Å². The average molecular weight is 433 g/mol. The summed E-state index contributed by atoms with van der Waals surface area (Å²) in [4.78, 5) is 27.5. The van der Waals surface area contributed by atoms with Crippen molar-refractivity contribution in [2.45, 2.75) is 13.0 Å². The molecule has 2 aliphatic heterocycles. The van der Waals surface area contributed by atoms with Crippen LogP contribution in [-0.2, 0) is 9.59 Å². The Hall–Kier alpha value is -4.20. The molecule has 0 radical (unpaired) electrons. The topological polar surface area (TPSA) is 98.4 Å². The highest BCUT2D eigenvalue weighted by Crippen LogP contribution is 2.45. The van der Waals surface area contributed by atoms with E-state index in [1.165, 1.54) is 11.2 Å². The van der Waals surface area contributed by atoms with Crippen molar-refractivity contribution in [3.05, 3.63) is 77.8 Å². The molecule has 1 atom stereocenters. The Bertz CT molecular complexity index is 1230. The summed E-state index contributed by atoms with van der Waals surface area (Å²) in [6, 6.07) is 14.0. The minimum atomic E-state index is -0.957. The molecule has 162 valence electrons. The van der Waals surface area contributed by atoms with Gasteiger partial charge < -0.3 is 23.7 Å². The normalized spacial score (nSPS) is 18.9. The van der Waals surface area contributed by atoms with Crippen LogP contribution in [0.15, 0.2) is 70.9 Å². The lowest BCUT2D eigenvalue weighted by molar-refractivity contribution is -0.132. The second-order valence-electron chi connectivity index (χ2n) is 7.18. The van der Waals surface area contributed by atoms with Crippen molar-refractivity contribution in [1.82, 2.24) is 0 Å². The van der Waals surface area contributed by atoms with E-state index in [1.807, 2.05) is 6.92 Å². The maximum absolute atomic E-state index is 13.1. The molecule has 1 N–H and O–H groups in total. The summed E-state index contributed by atoms with van der Waals surface area (Å²) in [7, 11) is 0. The fourth-order valence-corrected chi connectivity index (χ4v) is 3.91. The monoisotopic (exact) mass is 433 g/mol. The number of carbonyl (C=O) groups is 2. The number of Topliss-reactive ketones (excluding diaryl/α,β-unsaturated/α-hetero) is 1. The lowest BCUT2D eigenvalue weighted by Crippen LogP contribution is -2.29. The number of hydrogen-bond acceptors (Lipinski definition) is 7. The van der Waals surface area contributed by atoms with Gasteiger partial charge in [-0.25, -0.2) is 0 Å². The second-order valence-corrected chi connectivity index (χ2v) is 7.18. The Kier molecular flexibility index (Phi) is 4.82. The number of carbonyl (C=O) groups excluding carboxylic acids is 2. The van der Waals surface area contributed by atoms with Crippen LogP contribution in [0.1, 0.15) is 24.3 Å². The van der Waals surface area contributed by atoms with Crippen molar-refractivity contribution in [2.75, 3.05) is 18.3 Å². The zero-order chi connectivity index (χ0) is 22.2. The van der Waals surface area contributed by atoms with Crippen LogP contribution in [0.25, 0.3) is 5.76 Å². The summed E-state index contributed by atoms with van der Waals surface area (Å²) in [5.41, 5.74) is 0.701. The number of nitrogens with zero attached hydrogens (tertiary/aromatic N) is 1. The van der Waals surface area contributed by atoms with Crippen molar-refractivity contribution < 1.29 is 33.3 Å². The van der Waals surface area contributed by atoms with Gasteiger partial charge >= 0.3 is 0 Å². The van der Waals surface area contributed by atoms with Gasteiger partial charge in [-0.3, -0.25) is 14.5 Å². The quantitative estimate of drug-likeness (QED) is 0.368. The van der Waals surface area contributed by atoms with Crippen LogP contribution < -0.4 is 19.1 Å². The SMILES string of the molecule is CCOc1cccc(/C(O)=C2/C(=O)C(=O)N(c3ccc4c(c3)OCO4)C2c2ccco2)c1. The highest BCUT2D eigenvalue weighted by molar-refractivity contribution is 6.51. The molecule has 32 heavy (non-hydrogen) atoms. The summed E-state index contributed by atoms with van der Waals surface area (Å²) in [5, 5.41) is 11.1. The molecule has 0 spiro atoms. The summed E-state index contributed by atoms with van der Waals surface area (Å²) >= 11 is 0. The van der Waals surface area contributed by atoms with Gasteiger partial charge in [-0.15, -0.1) is 0 Å². The smallest absolute Gasteiger partial charge is 0.300 e. The molecule has 1 amide bonds. The maximum Gasteiger partial charge on any atom is 0.300 e. The first kappa shape index (κ1) is 19.7. The number of aliphatic hydroxyl groups excluding tert-OH is 1. The average Bonchev–Trinajstić information content (AvgIpc) is 3.54. The Morgan fingerprint density at radius 3 is 2.72 bits per heavy atom. The van der Waals surface area contributed by atoms with Crippen LogP contribution in [0.2, 0.25) is 0 Å². The number of rotatable bonds is 5. The van der Waals surface area contributed by atoms with E-state index in [0.717, 1.165) is 0 Å². The van der Waals surface area contributed by atoms with Gasteiger partial charge in [0.2, 0.25) is 6.79 Å². The Morgan fingerprint density at radius 1 is 1.09 bits per heavy atom. The Balaban J connectivity index is 1.66. The van der Waals surface area contributed by atoms with Gasteiger partial charge in [0.1, 0.15) is 23.3 Å². The number of ether oxygens (including phenoxy) is 3. The van der Waals surface area contributed by atoms with E-state index in [2.05, 4.69) is 0 Å². The fourth-order valence-electron chi connectivity index (χ4n) is 3.91. The van der Waals surface area contributed by atoms with Crippen molar-refractivity contribution in [3.8, 4) is 17.2 Å². The zero-order valence-electron chi connectivity index (χ0n) is 17.1. The number of hydrogen-bond donors (Lipinski definition) is 1. The van der Waals surface area contributed by atoms with Crippen molar-refractivity contribution >= 4 is 23.1 Å². The minimum Gasteiger partial charge on any atom is -0.507 e. The zero-order valence-corrected chi connectivity index (χ0v) is 17.1. The minimum absolute atomic E-state index is 0.0729. The molecule has 2 aliphatic rings. The number of amides is 1. The van der Waals surface area contributed by atoms with E-state index >= 15 is 0 Å². The van der Waals surface area contributed by atoms with E-state index in [9.17, 15) is 14.7 Å². The van der Waals surface area contributed by atoms with Gasteiger partial charge in [0, 0.05) is 17.3 Å². The molecule has 8 heteroatoms. The molecule has 3 aromatic rings. The van der Waals surface area contributed by atoms with Crippen molar-refractivity contribution in [3.63, 3.8) is 0 Å². The van der Waals surface area contributed by atoms with E-state index in [4.69, 9.17) is 18.6 Å². The van der Waals surface area contributed by atoms with E-state index in [-0.39, 0.29) is 18.1 Å². The molecule has 2 aromatic carbocycles. The number of fused-ring (bicyclic) bond motifs is 1.